The number of carbonyl (C=O) groups is 2. The third-order valence-corrected chi connectivity index (χ3v) is 4.82. The van der Waals surface area contributed by atoms with Gasteiger partial charge in [0.1, 0.15) is 0 Å². The second-order valence-electron chi connectivity index (χ2n) is 6.32. The minimum Gasteiger partial charge on any atom is -0.359 e. The fraction of sp³-hybridized carbons (Fsp3) is 0.300. The molecule has 1 saturated heterocycles. The molecule has 2 aromatic rings. The number of nitrogens with one attached hydrogen (secondary N) is 1. The quantitative estimate of drug-likeness (QED) is 0.894. The number of hydrogen-bond acceptors (Lipinski definition) is 2. The Bertz CT molecular complexity index is 774. The van der Waals surface area contributed by atoms with Crippen molar-refractivity contribution in [2.24, 2.45) is 5.92 Å². The number of rotatable bonds is 5. The molecule has 1 atom stereocenters. The molecule has 1 fully saturated rings. The summed E-state index contributed by atoms with van der Waals surface area (Å²) >= 11 is 6.01. The molecule has 1 heterocycles. The van der Waals surface area contributed by atoms with E-state index in [0.29, 0.717) is 6.54 Å². The van der Waals surface area contributed by atoms with Crippen LogP contribution in [0.2, 0.25) is 5.02 Å². The molecule has 0 radical (unpaired) electrons. The molecule has 1 aliphatic rings. The first kappa shape index (κ1) is 17.5. The Morgan fingerprint density at radius 2 is 1.88 bits per heavy atom. The van der Waals surface area contributed by atoms with Crippen LogP contribution < -0.4 is 10.2 Å². The largest absolute Gasteiger partial charge is 0.359 e. The van der Waals surface area contributed by atoms with Crippen molar-refractivity contribution < 1.29 is 9.59 Å². The van der Waals surface area contributed by atoms with E-state index in [2.05, 4.69) is 11.4 Å². The number of aryl methyl sites for hydroxylation is 2. The molecular weight excluding hydrogens is 336 g/mol. The lowest BCUT2D eigenvalue weighted by atomic mass is 10.0. The van der Waals surface area contributed by atoms with Crippen LogP contribution in [0.25, 0.3) is 0 Å². The number of carbonyl (C=O) groups excluding carboxylic acids is 2. The summed E-state index contributed by atoms with van der Waals surface area (Å²) in [6.45, 7) is 0.445. The van der Waals surface area contributed by atoms with Crippen LogP contribution in [0.3, 0.4) is 0 Å². The van der Waals surface area contributed by atoms with E-state index in [1.54, 1.807) is 11.9 Å². The van der Waals surface area contributed by atoms with E-state index >= 15 is 0 Å². The number of nitrogens with zero attached hydrogens (tertiary/aromatic N) is 1. The van der Waals surface area contributed by atoms with Gasteiger partial charge in [0.05, 0.1) is 5.92 Å². The third kappa shape index (κ3) is 4.20. The molecule has 4 nitrogen and oxygen atoms in total. The van der Waals surface area contributed by atoms with Crippen molar-refractivity contribution in [3.63, 3.8) is 0 Å². The summed E-state index contributed by atoms with van der Waals surface area (Å²) in [7, 11) is 1.60. The molecule has 0 aliphatic carbocycles. The minimum atomic E-state index is -0.264. The van der Waals surface area contributed by atoms with Gasteiger partial charge in [-0.15, -0.1) is 0 Å². The Morgan fingerprint density at radius 1 is 1.16 bits per heavy atom. The number of benzene rings is 2. The molecular formula is C20H21ClN2O2. The summed E-state index contributed by atoms with van der Waals surface area (Å²) in [4.78, 5) is 25.6. The maximum Gasteiger partial charge on any atom is 0.227 e. The molecule has 0 saturated carbocycles. The highest BCUT2D eigenvalue weighted by atomic mass is 35.5. The second-order valence-corrected chi connectivity index (χ2v) is 6.75. The van der Waals surface area contributed by atoms with Crippen molar-refractivity contribution in [1.82, 2.24) is 5.32 Å². The van der Waals surface area contributed by atoms with E-state index in [4.69, 9.17) is 11.6 Å². The predicted octanol–water partition coefficient (Wildman–Crippen LogP) is 3.22. The summed E-state index contributed by atoms with van der Waals surface area (Å²) in [5.74, 6) is -0.339. The zero-order valence-electron chi connectivity index (χ0n) is 14.2. The normalized spacial score (nSPS) is 17.0. The van der Waals surface area contributed by atoms with Gasteiger partial charge in [-0.25, -0.2) is 0 Å². The number of halogens is 1. The molecule has 2 aromatic carbocycles. The summed E-state index contributed by atoms with van der Waals surface area (Å²) in [5, 5.41) is 3.37. The van der Waals surface area contributed by atoms with Gasteiger partial charge in [-0.3, -0.25) is 9.59 Å². The van der Waals surface area contributed by atoms with Gasteiger partial charge in [0.15, 0.2) is 0 Å². The maximum absolute atomic E-state index is 12.2. The van der Waals surface area contributed by atoms with E-state index in [-0.39, 0.29) is 24.2 Å². The Kier molecular flexibility index (Phi) is 5.39. The first-order valence-corrected chi connectivity index (χ1v) is 8.80. The second kappa shape index (κ2) is 7.70. The molecule has 1 aliphatic heterocycles. The fourth-order valence-electron chi connectivity index (χ4n) is 3.16. The monoisotopic (exact) mass is 356 g/mol. The zero-order chi connectivity index (χ0) is 17.8. The molecule has 2 amide bonds. The van der Waals surface area contributed by atoms with Gasteiger partial charge in [-0.05, 0) is 48.2 Å². The SMILES string of the molecule is CNC(=O)C1CC(=O)N(c2ccc(CCc3cccc(Cl)c3)cc2)C1. The third-order valence-electron chi connectivity index (χ3n) is 4.58. The van der Waals surface area contributed by atoms with Crippen LogP contribution in [-0.2, 0) is 22.4 Å². The molecule has 0 aromatic heterocycles. The van der Waals surface area contributed by atoms with Crippen molar-refractivity contribution in [2.75, 3.05) is 18.5 Å². The topological polar surface area (TPSA) is 49.4 Å². The number of amides is 2. The van der Waals surface area contributed by atoms with Crippen molar-refractivity contribution in [3.8, 4) is 0 Å². The van der Waals surface area contributed by atoms with Crippen molar-refractivity contribution in [2.45, 2.75) is 19.3 Å². The summed E-state index contributed by atoms with van der Waals surface area (Å²) in [6.07, 6.45) is 2.10. The van der Waals surface area contributed by atoms with Gasteiger partial charge in [0, 0.05) is 30.7 Å². The van der Waals surface area contributed by atoms with E-state index in [0.717, 1.165) is 23.6 Å². The zero-order valence-corrected chi connectivity index (χ0v) is 14.9. The van der Waals surface area contributed by atoms with Crippen LogP contribution in [0.4, 0.5) is 5.69 Å². The van der Waals surface area contributed by atoms with E-state index in [1.807, 2.05) is 42.5 Å². The lowest BCUT2D eigenvalue weighted by Crippen LogP contribution is -2.30. The highest BCUT2D eigenvalue weighted by Crippen LogP contribution is 2.25. The highest BCUT2D eigenvalue weighted by molar-refractivity contribution is 6.30. The molecule has 0 bridgehead atoms. The fourth-order valence-corrected chi connectivity index (χ4v) is 3.37. The Hall–Kier alpha value is -2.33. The Balaban J connectivity index is 1.62. The highest BCUT2D eigenvalue weighted by Gasteiger charge is 2.34. The lowest BCUT2D eigenvalue weighted by molar-refractivity contribution is -0.125. The molecule has 5 heteroatoms. The van der Waals surface area contributed by atoms with Crippen LogP contribution in [0.5, 0.6) is 0 Å². The molecule has 1 N–H and O–H groups in total. The van der Waals surface area contributed by atoms with Crippen LogP contribution in [0.15, 0.2) is 48.5 Å². The van der Waals surface area contributed by atoms with Crippen LogP contribution in [0.1, 0.15) is 17.5 Å². The van der Waals surface area contributed by atoms with Gasteiger partial charge < -0.3 is 10.2 Å². The number of anilines is 1. The first-order valence-electron chi connectivity index (χ1n) is 8.42. The van der Waals surface area contributed by atoms with Crippen LogP contribution >= 0.6 is 11.6 Å². The maximum atomic E-state index is 12.2. The Labute approximate surface area is 152 Å². The van der Waals surface area contributed by atoms with Crippen molar-refractivity contribution >= 4 is 29.1 Å². The predicted molar refractivity (Wildman–Crippen MR) is 99.8 cm³/mol. The smallest absolute Gasteiger partial charge is 0.227 e. The standard InChI is InChI=1S/C20H21ClN2O2/c1-22-20(25)16-12-19(24)23(13-16)18-9-7-14(8-10-18)5-6-15-3-2-4-17(21)11-15/h2-4,7-11,16H,5-6,12-13H2,1H3,(H,22,25). The molecule has 25 heavy (non-hydrogen) atoms. The molecule has 0 spiro atoms. The van der Waals surface area contributed by atoms with Gasteiger partial charge in [-0.2, -0.15) is 0 Å². The van der Waals surface area contributed by atoms with Gasteiger partial charge in [-0.1, -0.05) is 35.9 Å². The van der Waals surface area contributed by atoms with E-state index in [9.17, 15) is 9.59 Å². The summed E-state index contributed by atoms with van der Waals surface area (Å²) < 4.78 is 0. The first-order chi connectivity index (χ1) is 12.1. The average Bonchev–Trinajstić information content (AvgIpc) is 3.01. The van der Waals surface area contributed by atoms with E-state index in [1.165, 1.54) is 11.1 Å². The van der Waals surface area contributed by atoms with Gasteiger partial charge in [0.25, 0.3) is 0 Å². The summed E-state index contributed by atoms with van der Waals surface area (Å²) in [6, 6.07) is 15.9. The molecule has 130 valence electrons. The molecule has 3 rings (SSSR count). The lowest BCUT2D eigenvalue weighted by Gasteiger charge is -2.17. The average molecular weight is 357 g/mol. The van der Waals surface area contributed by atoms with Crippen molar-refractivity contribution in [3.05, 3.63) is 64.7 Å². The minimum absolute atomic E-state index is 0.000257. The molecule has 1 unspecified atom stereocenters. The van der Waals surface area contributed by atoms with Gasteiger partial charge in [0.2, 0.25) is 11.8 Å². The van der Waals surface area contributed by atoms with Crippen molar-refractivity contribution in [1.29, 1.82) is 0 Å². The summed E-state index contributed by atoms with van der Waals surface area (Å²) in [5.41, 5.74) is 3.26. The Morgan fingerprint density at radius 3 is 2.56 bits per heavy atom. The van der Waals surface area contributed by atoms with Gasteiger partial charge >= 0.3 is 0 Å². The van der Waals surface area contributed by atoms with Crippen LogP contribution in [0, 0.1) is 5.92 Å². The van der Waals surface area contributed by atoms with Crippen LogP contribution in [-0.4, -0.2) is 25.4 Å². The number of hydrogen-bond donors (Lipinski definition) is 1. The van der Waals surface area contributed by atoms with E-state index < -0.39 is 0 Å².